The van der Waals surface area contributed by atoms with Gasteiger partial charge in [-0.3, -0.25) is 5.32 Å². The summed E-state index contributed by atoms with van der Waals surface area (Å²) in [7, 11) is 0. The van der Waals surface area contributed by atoms with E-state index >= 15 is 0 Å². The Morgan fingerprint density at radius 1 is 0.966 bits per heavy atom. The summed E-state index contributed by atoms with van der Waals surface area (Å²) >= 11 is 1.41. The molecule has 0 radical (unpaired) electrons. The molecule has 3 nitrogen and oxygen atoms in total. The van der Waals surface area contributed by atoms with Crippen molar-refractivity contribution in [2.24, 2.45) is 0 Å². The van der Waals surface area contributed by atoms with Gasteiger partial charge in [-0.15, -0.1) is 11.3 Å². The van der Waals surface area contributed by atoms with Crippen LogP contribution in [0.15, 0.2) is 82.8 Å². The Morgan fingerprint density at radius 2 is 1.72 bits per heavy atom. The average Bonchev–Trinajstić information content (AvgIpc) is 3.41. The van der Waals surface area contributed by atoms with E-state index in [1.54, 1.807) is 6.26 Å². The van der Waals surface area contributed by atoms with Gasteiger partial charge < -0.3 is 4.42 Å². The van der Waals surface area contributed by atoms with Crippen LogP contribution in [-0.2, 0) is 12.7 Å². The van der Waals surface area contributed by atoms with Gasteiger partial charge >= 0.3 is 6.18 Å². The quantitative estimate of drug-likeness (QED) is 0.402. The van der Waals surface area contributed by atoms with Crippen molar-refractivity contribution < 1.29 is 17.6 Å². The van der Waals surface area contributed by atoms with Gasteiger partial charge in [-0.25, -0.2) is 4.98 Å². The minimum atomic E-state index is -4.34. The first-order valence-electron chi connectivity index (χ1n) is 8.94. The summed E-state index contributed by atoms with van der Waals surface area (Å²) in [6.45, 7) is 0.497. The predicted octanol–water partition coefficient (Wildman–Crippen LogP) is 6.30. The van der Waals surface area contributed by atoms with Crippen LogP contribution in [-0.4, -0.2) is 4.98 Å². The molecule has 0 saturated heterocycles. The Balaban J connectivity index is 1.48. The molecule has 4 rings (SSSR count). The molecule has 0 spiro atoms. The number of nitrogens with zero attached hydrogens (tertiary/aromatic N) is 1. The van der Waals surface area contributed by atoms with Crippen LogP contribution in [0.5, 0.6) is 0 Å². The first-order valence-corrected chi connectivity index (χ1v) is 9.82. The van der Waals surface area contributed by atoms with E-state index in [-0.39, 0.29) is 6.04 Å². The molecule has 0 amide bonds. The van der Waals surface area contributed by atoms with E-state index in [2.05, 4.69) is 10.3 Å². The molecule has 0 aliphatic rings. The summed E-state index contributed by atoms with van der Waals surface area (Å²) in [6.07, 6.45) is -2.70. The Bertz CT molecular complexity index is 1040. The monoisotopic (exact) mass is 414 g/mol. The van der Waals surface area contributed by atoms with Crippen molar-refractivity contribution in [2.75, 3.05) is 0 Å². The summed E-state index contributed by atoms with van der Waals surface area (Å²) in [6, 6.07) is 18.7. The zero-order chi connectivity index (χ0) is 20.3. The van der Waals surface area contributed by atoms with E-state index in [0.717, 1.165) is 29.2 Å². The van der Waals surface area contributed by atoms with Crippen LogP contribution in [0.4, 0.5) is 13.2 Å². The fourth-order valence-electron chi connectivity index (χ4n) is 3.01. The predicted molar refractivity (Wildman–Crippen MR) is 106 cm³/mol. The molecule has 1 atom stereocenters. The molecule has 2 heterocycles. The second-order valence-corrected chi connectivity index (χ2v) is 7.32. The van der Waals surface area contributed by atoms with Crippen LogP contribution in [0, 0.1) is 0 Å². The van der Waals surface area contributed by atoms with Gasteiger partial charge in [0.1, 0.15) is 10.8 Å². The van der Waals surface area contributed by atoms with Gasteiger partial charge in [0.15, 0.2) is 0 Å². The van der Waals surface area contributed by atoms with Crippen LogP contribution >= 0.6 is 11.3 Å². The summed E-state index contributed by atoms with van der Waals surface area (Å²) in [4.78, 5) is 4.56. The lowest BCUT2D eigenvalue weighted by Gasteiger charge is -2.16. The van der Waals surface area contributed by atoms with Crippen molar-refractivity contribution in [3.8, 4) is 10.6 Å². The number of nitrogens with one attached hydrogen (secondary N) is 1. The largest absolute Gasteiger partial charge is 0.467 e. The van der Waals surface area contributed by atoms with Crippen LogP contribution in [0.25, 0.3) is 10.6 Å². The van der Waals surface area contributed by atoms with Gasteiger partial charge in [0.05, 0.1) is 23.6 Å². The Labute approximate surface area is 169 Å². The van der Waals surface area contributed by atoms with Crippen molar-refractivity contribution in [2.45, 2.75) is 18.8 Å². The van der Waals surface area contributed by atoms with E-state index in [1.165, 1.54) is 23.5 Å². The molecule has 2 aromatic heterocycles. The third-order valence-corrected chi connectivity index (χ3v) is 5.40. The third-order valence-electron chi connectivity index (χ3n) is 4.46. The molecule has 0 aliphatic heterocycles. The molecule has 0 aliphatic carbocycles. The highest BCUT2D eigenvalue weighted by Gasteiger charge is 2.30. The number of hydrogen-bond donors (Lipinski definition) is 1. The van der Waals surface area contributed by atoms with Gasteiger partial charge in [0, 0.05) is 17.5 Å². The standard InChI is InChI=1S/C22H17F3N2OS/c23-22(24,25)17-10-8-16(9-11-17)21-27-18(14-29-21)13-26-20(19-7-4-12-28-19)15-5-2-1-3-6-15/h1-12,14,20,26H,13H2. The number of rotatable bonds is 6. The van der Waals surface area contributed by atoms with Crippen LogP contribution in [0.3, 0.4) is 0 Å². The van der Waals surface area contributed by atoms with Crippen molar-refractivity contribution in [3.05, 3.63) is 101 Å². The first kappa shape index (κ1) is 19.4. The third kappa shape index (κ3) is 4.58. The zero-order valence-electron chi connectivity index (χ0n) is 15.2. The van der Waals surface area contributed by atoms with E-state index in [9.17, 15) is 13.2 Å². The van der Waals surface area contributed by atoms with Gasteiger partial charge in [-0.1, -0.05) is 42.5 Å². The molecule has 4 aromatic rings. The number of halogens is 3. The summed E-state index contributed by atoms with van der Waals surface area (Å²) in [5.41, 5.74) is 1.89. The minimum absolute atomic E-state index is 0.123. The molecule has 1 unspecified atom stereocenters. The number of benzene rings is 2. The maximum absolute atomic E-state index is 12.7. The minimum Gasteiger partial charge on any atom is -0.467 e. The lowest BCUT2D eigenvalue weighted by atomic mass is 10.0. The van der Waals surface area contributed by atoms with Gasteiger partial charge in [0.2, 0.25) is 0 Å². The van der Waals surface area contributed by atoms with Gasteiger partial charge in [-0.2, -0.15) is 13.2 Å². The smallest absolute Gasteiger partial charge is 0.416 e. The maximum atomic E-state index is 12.7. The molecule has 148 valence electrons. The second-order valence-electron chi connectivity index (χ2n) is 6.46. The number of furan rings is 1. The summed E-state index contributed by atoms with van der Waals surface area (Å²) < 4.78 is 43.8. The molecular weight excluding hydrogens is 397 g/mol. The lowest BCUT2D eigenvalue weighted by molar-refractivity contribution is -0.137. The molecule has 0 fully saturated rings. The van der Waals surface area contributed by atoms with Crippen molar-refractivity contribution in [1.82, 2.24) is 10.3 Å². The SMILES string of the molecule is FC(F)(F)c1ccc(-c2nc(CNC(c3ccccc3)c3ccco3)cs2)cc1. The van der Waals surface area contributed by atoms with E-state index in [0.29, 0.717) is 17.1 Å². The molecule has 0 saturated carbocycles. The van der Waals surface area contributed by atoms with Crippen molar-refractivity contribution >= 4 is 11.3 Å². The molecule has 0 bridgehead atoms. The summed E-state index contributed by atoms with van der Waals surface area (Å²) in [5, 5.41) is 6.04. The Hall–Kier alpha value is -2.90. The number of alkyl halides is 3. The van der Waals surface area contributed by atoms with Crippen molar-refractivity contribution in [1.29, 1.82) is 0 Å². The van der Waals surface area contributed by atoms with E-state index in [1.807, 2.05) is 47.8 Å². The zero-order valence-corrected chi connectivity index (χ0v) is 16.0. The topological polar surface area (TPSA) is 38.1 Å². The number of thiazole rings is 1. The summed E-state index contributed by atoms with van der Waals surface area (Å²) in [5.74, 6) is 0.800. The molecule has 29 heavy (non-hydrogen) atoms. The molecular formula is C22H17F3N2OS. The molecule has 7 heteroatoms. The maximum Gasteiger partial charge on any atom is 0.416 e. The fraction of sp³-hybridized carbons (Fsp3) is 0.136. The van der Waals surface area contributed by atoms with Gasteiger partial charge in [-0.05, 0) is 29.8 Å². The van der Waals surface area contributed by atoms with Crippen LogP contribution in [0.2, 0.25) is 0 Å². The van der Waals surface area contributed by atoms with Crippen LogP contribution in [0.1, 0.15) is 28.6 Å². The van der Waals surface area contributed by atoms with Crippen LogP contribution < -0.4 is 5.32 Å². The Morgan fingerprint density at radius 3 is 2.38 bits per heavy atom. The number of hydrogen-bond acceptors (Lipinski definition) is 4. The highest BCUT2D eigenvalue weighted by Crippen LogP contribution is 2.32. The normalized spacial score (nSPS) is 12.8. The highest BCUT2D eigenvalue weighted by atomic mass is 32.1. The van der Waals surface area contributed by atoms with Gasteiger partial charge in [0.25, 0.3) is 0 Å². The molecule has 1 N–H and O–H groups in total. The second kappa shape index (κ2) is 8.23. The molecule has 2 aromatic carbocycles. The Kier molecular flexibility index (Phi) is 5.51. The fourth-order valence-corrected chi connectivity index (χ4v) is 3.84. The van der Waals surface area contributed by atoms with E-state index < -0.39 is 11.7 Å². The van der Waals surface area contributed by atoms with Crippen molar-refractivity contribution in [3.63, 3.8) is 0 Å². The van der Waals surface area contributed by atoms with E-state index in [4.69, 9.17) is 4.42 Å². The lowest BCUT2D eigenvalue weighted by Crippen LogP contribution is -2.21. The number of aromatic nitrogens is 1. The average molecular weight is 414 g/mol. The first-order chi connectivity index (χ1) is 14.0. The highest BCUT2D eigenvalue weighted by molar-refractivity contribution is 7.13.